The van der Waals surface area contributed by atoms with Crippen molar-refractivity contribution < 1.29 is 4.79 Å². The second-order valence-electron chi connectivity index (χ2n) is 7.15. The normalized spacial score (nSPS) is 18.0. The maximum Gasteiger partial charge on any atom is 0.272 e. The topological polar surface area (TPSA) is 61.4 Å². The third-order valence-corrected chi connectivity index (χ3v) is 5.54. The first-order valence-electron chi connectivity index (χ1n) is 9.58. The Bertz CT molecular complexity index is 800. The van der Waals surface area contributed by atoms with Crippen molar-refractivity contribution in [3.05, 3.63) is 47.2 Å². The Labute approximate surface area is 164 Å². The number of halogens is 1. The first-order valence-corrected chi connectivity index (χ1v) is 9.96. The third-order valence-electron chi connectivity index (χ3n) is 5.30. The number of nitrogens with one attached hydrogen (secondary N) is 1. The number of anilines is 2. The van der Waals surface area contributed by atoms with E-state index < -0.39 is 0 Å². The minimum Gasteiger partial charge on any atom is -0.368 e. The molecule has 2 aromatic rings. The molecule has 2 heterocycles. The number of benzene rings is 1. The standard InChI is InChI=1S/C20H24ClN5O/c21-15-4-3-7-17(14-15)25-10-12-26(13-11-25)19(27)18-8-9-22-20(24-18)23-16-5-1-2-6-16/h3-4,7-9,14,16H,1-2,5-6,10-13H2,(H,22,23,24). The SMILES string of the molecule is O=C(c1ccnc(NC2CCCC2)n1)N1CCN(c2cccc(Cl)c2)CC1. The molecule has 1 saturated heterocycles. The molecule has 1 aliphatic heterocycles. The van der Waals surface area contributed by atoms with Gasteiger partial charge in [0.2, 0.25) is 5.95 Å². The van der Waals surface area contributed by atoms with Crippen molar-refractivity contribution in [2.45, 2.75) is 31.7 Å². The Morgan fingerprint density at radius 2 is 1.89 bits per heavy atom. The highest BCUT2D eigenvalue weighted by Gasteiger charge is 2.24. The molecule has 0 unspecified atom stereocenters. The van der Waals surface area contributed by atoms with E-state index in [1.807, 2.05) is 23.1 Å². The summed E-state index contributed by atoms with van der Waals surface area (Å²) in [6.07, 6.45) is 6.44. The number of piperazine rings is 1. The van der Waals surface area contributed by atoms with Gasteiger partial charge in [-0.2, -0.15) is 0 Å². The average molecular weight is 386 g/mol. The maximum atomic E-state index is 12.9. The highest BCUT2D eigenvalue weighted by molar-refractivity contribution is 6.30. The van der Waals surface area contributed by atoms with Crippen LogP contribution in [0.15, 0.2) is 36.5 Å². The van der Waals surface area contributed by atoms with E-state index in [9.17, 15) is 4.79 Å². The fraction of sp³-hybridized carbons (Fsp3) is 0.450. The molecule has 1 amide bonds. The number of rotatable bonds is 4. The second-order valence-corrected chi connectivity index (χ2v) is 7.59. The van der Waals surface area contributed by atoms with Crippen LogP contribution in [0.5, 0.6) is 0 Å². The number of carbonyl (C=O) groups is 1. The molecule has 142 valence electrons. The molecule has 4 rings (SSSR count). The molecule has 1 aromatic carbocycles. The molecular formula is C20H24ClN5O. The van der Waals surface area contributed by atoms with Gasteiger partial charge in [0.05, 0.1) is 0 Å². The smallest absolute Gasteiger partial charge is 0.272 e. The summed E-state index contributed by atoms with van der Waals surface area (Å²) in [5.41, 5.74) is 1.56. The largest absolute Gasteiger partial charge is 0.368 e. The zero-order valence-corrected chi connectivity index (χ0v) is 16.0. The molecule has 0 atom stereocenters. The van der Waals surface area contributed by atoms with Crippen LogP contribution in [0.3, 0.4) is 0 Å². The number of hydrogen-bond donors (Lipinski definition) is 1. The van der Waals surface area contributed by atoms with Crippen LogP contribution >= 0.6 is 11.6 Å². The fourth-order valence-corrected chi connectivity index (χ4v) is 3.99. The van der Waals surface area contributed by atoms with Crippen LogP contribution < -0.4 is 10.2 Å². The number of hydrogen-bond acceptors (Lipinski definition) is 5. The van der Waals surface area contributed by atoms with Gasteiger partial charge in [-0.25, -0.2) is 9.97 Å². The summed E-state index contributed by atoms with van der Waals surface area (Å²) in [4.78, 5) is 25.7. The van der Waals surface area contributed by atoms with Gasteiger partial charge in [0, 0.05) is 49.1 Å². The lowest BCUT2D eigenvalue weighted by Crippen LogP contribution is -2.49. The number of amides is 1. The van der Waals surface area contributed by atoms with Gasteiger partial charge in [-0.15, -0.1) is 0 Å². The van der Waals surface area contributed by atoms with Crippen molar-refractivity contribution in [3.63, 3.8) is 0 Å². The monoisotopic (exact) mass is 385 g/mol. The zero-order chi connectivity index (χ0) is 18.6. The molecule has 1 saturated carbocycles. The lowest BCUT2D eigenvalue weighted by molar-refractivity contribution is 0.0741. The van der Waals surface area contributed by atoms with E-state index in [0.29, 0.717) is 30.8 Å². The van der Waals surface area contributed by atoms with E-state index in [2.05, 4.69) is 26.3 Å². The molecule has 0 bridgehead atoms. The second kappa shape index (κ2) is 8.13. The van der Waals surface area contributed by atoms with Gasteiger partial charge >= 0.3 is 0 Å². The Hall–Kier alpha value is -2.34. The van der Waals surface area contributed by atoms with Crippen molar-refractivity contribution in [1.82, 2.24) is 14.9 Å². The molecule has 1 N–H and O–H groups in total. The summed E-state index contributed by atoms with van der Waals surface area (Å²) >= 11 is 6.09. The summed E-state index contributed by atoms with van der Waals surface area (Å²) < 4.78 is 0. The van der Waals surface area contributed by atoms with Gasteiger partial charge in [0.1, 0.15) is 5.69 Å². The van der Waals surface area contributed by atoms with Crippen molar-refractivity contribution >= 4 is 29.1 Å². The van der Waals surface area contributed by atoms with E-state index in [-0.39, 0.29) is 5.91 Å². The van der Waals surface area contributed by atoms with E-state index in [1.54, 1.807) is 12.3 Å². The molecule has 6 nitrogen and oxygen atoms in total. The van der Waals surface area contributed by atoms with Gasteiger partial charge in [-0.3, -0.25) is 4.79 Å². The molecule has 2 aliphatic rings. The first-order chi connectivity index (χ1) is 13.2. The van der Waals surface area contributed by atoms with Crippen LogP contribution in [0.1, 0.15) is 36.2 Å². The molecule has 1 aliphatic carbocycles. The third kappa shape index (κ3) is 4.33. The number of aromatic nitrogens is 2. The van der Waals surface area contributed by atoms with Crippen molar-refractivity contribution in [2.24, 2.45) is 0 Å². The van der Waals surface area contributed by atoms with E-state index >= 15 is 0 Å². The van der Waals surface area contributed by atoms with Crippen LogP contribution in [0.25, 0.3) is 0 Å². The summed E-state index contributed by atoms with van der Waals surface area (Å²) in [5.74, 6) is 0.530. The van der Waals surface area contributed by atoms with Gasteiger partial charge in [0.25, 0.3) is 5.91 Å². The predicted molar refractivity (Wildman–Crippen MR) is 107 cm³/mol. The van der Waals surface area contributed by atoms with Crippen molar-refractivity contribution in [1.29, 1.82) is 0 Å². The first kappa shape index (κ1) is 18.0. The summed E-state index contributed by atoms with van der Waals surface area (Å²) in [7, 11) is 0. The summed E-state index contributed by atoms with van der Waals surface area (Å²) in [6.45, 7) is 2.90. The van der Waals surface area contributed by atoms with E-state index in [1.165, 1.54) is 12.8 Å². The number of nitrogens with zero attached hydrogens (tertiary/aromatic N) is 4. The van der Waals surface area contributed by atoms with Crippen molar-refractivity contribution in [3.8, 4) is 0 Å². The minimum absolute atomic E-state index is 0.0300. The van der Waals surface area contributed by atoms with Crippen LogP contribution in [0.2, 0.25) is 5.02 Å². The lowest BCUT2D eigenvalue weighted by atomic mass is 10.2. The van der Waals surface area contributed by atoms with E-state index in [4.69, 9.17) is 11.6 Å². The molecular weight excluding hydrogens is 362 g/mol. The molecule has 0 spiro atoms. The Balaban J connectivity index is 1.37. The van der Waals surface area contributed by atoms with Crippen LogP contribution in [0.4, 0.5) is 11.6 Å². The Kier molecular flexibility index (Phi) is 5.43. The van der Waals surface area contributed by atoms with E-state index in [0.717, 1.165) is 36.6 Å². The molecule has 2 fully saturated rings. The quantitative estimate of drug-likeness (QED) is 0.873. The average Bonchev–Trinajstić information content (AvgIpc) is 3.21. The summed E-state index contributed by atoms with van der Waals surface area (Å²) in [5, 5.41) is 4.09. The van der Waals surface area contributed by atoms with Crippen LogP contribution in [-0.2, 0) is 0 Å². The molecule has 1 aromatic heterocycles. The minimum atomic E-state index is -0.0300. The highest BCUT2D eigenvalue weighted by Crippen LogP contribution is 2.22. The van der Waals surface area contributed by atoms with Crippen molar-refractivity contribution in [2.75, 3.05) is 36.4 Å². The Morgan fingerprint density at radius 3 is 2.63 bits per heavy atom. The fourth-order valence-electron chi connectivity index (χ4n) is 3.80. The van der Waals surface area contributed by atoms with Crippen LogP contribution in [-0.4, -0.2) is 53.0 Å². The molecule has 27 heavy (non-hydrogen) atoms. The summed E-state index contributed by atoms with van der Waals surface area (Å²) in [6, 6.07) is 9.97. The van der Waals surface area contributed by atoms with Gasteiger partial charge in [0.15, 0.2) is 0 Å². The predicted octanol–water partition coefficient (Wildman–Crippen LogP) is 3.45. The van der Waals surface area contributed by atoms with Crippen LogP contribution in [0, 0.1) is 0 Å². The molecule has 0 radical (unpaired) electrons. The lowest BCUT2D eigenvalue weighted by Gasteiger charge is -2.36. The van der Waals surface area contributed by atoms with Gasteiger partial charge in [-0.05, 0) is 37.1 Å². The van der Waals surface area contributed by atoms with Gasteiger partial charge in [-0.1, -0.05) is 30.5 Å². The number of carbonyl (C=O) groups excluding carboxylic acids is 1. The Morgan fingerprint density at radius 1 is 1.11 bits per heavy atom. The maximum absolute atomic E-state index is 12.9. The highest BCUT2D eigenvalue weighted by atomic mass is 35.5. The van der Waals surface area contributed by atoms with Gasteiger partial charge < -0.3 is 15.1 Å². The molecule has 7 heteroatoms. The zero-order valence-electron chi connectivity index (χ0n) is 15.3.